The zero-order chi connectivity index (χ0) is 15.3. The van der Waals surface area contributed by atoms with E-state index in [2.05, 4.69) is 5.32 Å². The van der Waals surface area contributed by atoms with Crippen LogP contribution in [-0.2, 0) is 20.7 Å². The van der Waals surface area contributed by atoms with Crippen molar-refractivity contribution in [1.82, 2.24) is 5.32 Å². The summed E-state index contributed by atoms with van der Waals surface area (Å²) in [5.41, 5.74) is 6.67. The van der Waals surface area contributed by atoms with Gasteiger partial charge in [-0.3, -0.25) is 4.79 Å². The van der Waals surface area contributed by atoms with E-state index < -0.39 is 5.54 Å². The van der Waals surface area contributed by atoms with Crippen LogP contribution in [0, 0.1) is 0 Å². The number of halogens is 1. The van der Waals surface area contributed by atoms with E-state index in [9.17, 15) is 9.59 Å². The summed E-state index contributed by atoms with van der Waals surface area (Å²) in [5.74, 6) is -0.474. The van der Waals surface area contributed by atoms with Crippen molar-refractivity contribution in [2.75, 3.05) is 12.8 Å². The molecule has 0 aromatic heterocycles. The van der Waals surface area contributed by atoms with E-state index in [0.29, 0.717) is 31.4 Å². The fraction of sp³-hybridized carbons (Fsp3) is 0.500. The van der Waals surface area contributed by atoms with Crippen LogP contribution in [0.4, 0.5) is 5.69 Å². The van der Waals surface area contributed by atoms with Crippen molar-refractivity contribution in [3.8, 4) is 0 Å². The highest BCUT2D eigenvalue weighted by Gasteiger charge is 2.43. The van der Waals surface area contributed by atoms with E-state index in [1.807, 2.05) is 24.3 Å². The highest BCUT2D eigenvalue weighted by molar-refractivity contribution is 5.88. The van der Waals surface area contributed by atoms with Crippen molar-refractivity contribution in [3.05, 3.63) is 29.8 Å². The Hall–Kier alpha value is -1.75. The average molecular weight is 327 g/mol. The van der Waals surface area contributed by atoms with Crippen LogP contribution in [0.15, 0.2) is 24.3 Å². The molecule has 1 fully saturated rings. The number of benzene rings is 1. The van der Waals surface area contributed by atoms with E-state index in [1.54, 1.807) is 0 Å². The number of carbonyl (C=O) groups is 2. The Morgan fingerprint density at radius 1 is 1.27 bits per heavy atom. The van der Waals surface area contributed by atoms with E-state index in [1.165, 1.54) is 7.11 Å². The first kappa shape index (κ1) is 18.3. The highest BCUT2D eigenvalue weighted by Crippen LogP contribution is 2.31. The molecule has 1 saturated carbocycles. The number of rotatable bonds is 5. The smallest absolute Gasteiger partial charge is 0.331 e. The lowest BCUT2D eigenvalue weighted by molar-refractivity contribution is -0.150. The molecular formula is C16H23ClN2O3. The number of nitrogens with two attached hydrogens (primary N) is 1. The number of ether oxygens (including phenoxy) is 1. The Kier molecular flexibility index (Phi) is 6.68. The molecule has 0 aliphatic heterocycles. The summed E-state index contributed by atoms with van der Waals surface area (Å²) < 4.78 is 4.85. The number of carbonyl (C=O) groups excluding carboxylic acids is 2. The molecule has 2 rings (SSSR count). The summed E-state index contributed by atoms with van der Waals surface area (Å²) in [6.45, 7) is 0. The summed E-state index contributed by atoms with van der Waals surface area (Å²) in [6, 6.07) is 7.49. The molecule has 6 heteroatoms. The van der Waals surface area contributed by atoms with Gasteiger partial charge in [-0.25, -0.2) is 4.79 Å². The first-order chi connectivity index (χ1) is 10.1. The summed E-state index contributed by atoms with van der Waals surface area (Å²) in [4.78, 5) is 24.1. The Balaban J connectivity index is 0.00000242. The standard InChI is InChI=1S/C16H22N2O3.ClH/c1-21-15(20)16(10-4-5-11-16)18-14(19)9-8-12-6-2-3-7-13(12)17;/h2-3,6-7H,4-5,8-11,17H2,1H3,(H,18,19);1H. The number of anilines is 1. The summed E-state index contributed by atoms with van der Waals surface area (Å²) in [5, 5.41) is 2.88. The number of hydrogen-bond donors (Lipinski definition) is 2. The molecule has 122 valence electrons. The first-order valence-corrected chi connectivity index (χ1v) is 7.30. The minimum absolute atomic E-state index is 0. The third-order valence-electron chi connectivity index (χ3n) is 4.09. The summed E-state index contributed by atoms with van der Waals surface area (Å²) in [7, 11) is 1.36. The fourth-order valence-corrected chi connectivity index (χ4v) is 2.89. The molecule has 0 unspecified atom stereocenters. The molecule has 0 radical (unpaired) electrons. The van der Waals surface area contributed by atoms with Gasteiger partial charge in [0.05, 0.1) is 7.11 Å². The molecular weight excluding hydrogens is 304 g/mol. The van der Waals surface area contributed by atoms with Crippen molar-refractivity contribution < 1.29 is 14.3 Å². The molecule has 0 atom stereocenters. The predicted molar refractivity (Wildman–Crippen MR) is 87.8 cm³/mol. The van der Waals surface area contributed by atoms with Gasteiger partial charge < -0.3 is 15.8 Å². The second-order valence-electron chi connectivity index (χ2n) is 5.53. The molecule has 1 aromatic carbocycles. The maximum atomic E-state index is 12.1. The molecule has 0 spiro atoms. The van der Waals surface area contributed by atoms with Gasteiger partial charge in [-0.15, -0.1) is 12.4 Å². The van der Waals surface area contributed by atoms with Crippen LogP contribution in [0.2, 0.25) is 0 Å². The van der Waals surface area contributed by atoms with Crippen molar-refractivity contribution in [2.45, 2.75) is 44.1 Å². The molecule has 1 aromatic rings. The lowest BCUT2D eigenvalue weighted by atomic mass is 9.97. The van der Waals surface area contributed by atoms with Crippen LogP contribution in [0.25, 0.3) is 0 Å². The van der Waals surface area contributed by atoms with E-state index in [0.717, 1.165) is 18.4 Å². The van der Waals surface area contributed by atoms with Gasteiger partial charge in [0, 0.05) is 12.1 Å². The first-order valence-electron chi connectivity index (χ1n) is 7.30. The number of aryl methyl sites for hydroxylation is 1. The SMILES string of the molecule is COC(=O)C1(NC(=O)CCc2ccccc2N)CCCC1.Cl. The molecule has 0 bridgehead atoms. The normalized spacial score (nSPS) is 15.7. The van der Waals surface area contributed by atoms with Gasteiger partial charge in [-0.1, -0.05) is 31.0 Å². The van der Waals surface area contributed by atoms with E-state index in [4.69, 9.17) is 10.5 Å². The number of amides is 1. The molecule has 1 amide bonds. The van der Waals surface area contributed by atoms with Gasteiger partial charge in [-0.05, 0) is 30.9 Å². The van der Waals surface area contributed by atoms with E-state index >= 15 is 0 Å². The van der Waals surface area contributed by atoms with Crippen LogP contribution < -0.4 is 11.1 Å². The Labute approximate surface area is 137 Å². The number of nitrogen functional groups attached to an aromatic ring is 1. The molecule has 1 aliphatic rings. The van der Waals surface area contributed by atoms with Gasteiger partial charge in [0.15, 0.2) is 0 Å². The second kappa shape index (κ2) is 8.03. The average Bonchev–Trinajstić information content (AvgIpc) is 2.95. The number of methoxy groups -OCH3 is 1. The number of esters is 1. The van der Waals surface area contributed by atoms with Gasteiger partial charge in [0.1, 0.15) is 5.54 Å². The zero-order valence-corrected chi connectivity index (χ0v) is 13.6. The Morgan fingerprint density at radius 3 is 2.50 bits per heavy atom. The second-order valence-corrected chi connectivity index (χ2v) is 5.53. The van der Waals surface area contributed by atoms with Gasteiger partial charge in [0.25, 0.3) is 0 Å². The lowest BCUT2D eigenvalue weighted by Gasteiger charge is -2.27. The van der Waals surface area contributed by atoms with E-state index in [-0.39, 0.29) is 24.3 Å². The molecule has 0 saturated heterocycles. The van der Waals surface area contributed by atoms with Gasteiger partial charge >= 0.3 is 5.97 Å². The van der Waals surface area contributed by atoms with Crippen molar-refractivity contribution >= 4 is 30.0 Å². The summed E-state index contributed by atoms with van der Waals surface area (Å²) in [6.07, 6.45) is 4.04. The highest BCUT2D eigenvalue weighted by atomic mass is 35.5. The number of para-hydroxylation sites is 1. The Bertz CT molecular complexity index is 528. The molecule has 22 heavy (non-hydrogen) atoms. The summed E-state index contributed by atoms with van der Waals surface area (Å²) >= 11 is 0. The molecule has 5 nitrogen and oxygen atoms in total. The van der Waals surface area contributed by atoms with Crippen LogP contribution in [-0.4, -0.2) is 24.5 Å². The number of hydrogen-bond acceptors (Lipinski definition) is 4. The third-order valence-corrected chi connectivity index (χ3v) is 4.09. The van der Waals surface area contributed by atoms with Gasteiger partial charge in [-0.2, -0.15) is 0 Å². The lowest BCUT2D eigenvalue weighted by Crippen LogP contribution is -2.53. The Morgan fingerprint density at radius 2 is 1.91 bits per heavy atom. The van der Waals surface area contributed by atoms with Crippen molar-refractivity contribution in [3.63, 3.8) is 0 Å². The third kappa shape index (κ3) is 4.13. The molecule has 0 heterocycles. The fourth-order valence-electron chi connectivity index (χ4n) is 2.89. The minimum Gasteiger partial charge on any atom is -0.467 e. The molecule has 3 N–H and O–H groups in total. The monoisotopic (exact) mass is 326 g/mol. The predicted octanol–water partition coefficient (Wildman–Crippen LogP) is 2.23. The van der Waals surface area contributed by atoms with Crippen molar-refractivity contribution in [2.24, 2.45) is 0 Å². The quantitative estimate of drug-likeness (QED) is 0.642. The minimum atomic E-state index is -0.825. The van der Waals surface area contributed by atoms with Gasteiger partial charge in [0.2, 0.25) is 5.91 Å². The van der Waals surface area contributed by atoms with Crippen LogP contribution in [0.5, 0.6) is 0 Å². The topological polar surface area (TPSA) is 81.4 Å². The van der Waals surface area contributed by atoms with Crippen molar-refractivity contribution in [1.29, 1.82) is 0 Å². The largest absolute Gasteiger partial charge is 0.467 e. The van der Waals surface area contributed by atoms with Crippen LogP contribution in [0.3, 0.4) is 0 Å². The maximum Gasteiger partial charge on any atom is 0.331 e. The number of nitrogens with one attached hydrogen (secondary N) is 1. The van der Waals surface area contributed by atoms with Crippen LogP contribution in [0.1, 0.15) is 37.7 Å². The van der Waals surface area contributed by atoms with Crippen LogP contribution >= 0.6 is 12.4 Å². The maximum absolute atomic E-state index is 12.1. The zero-order valence-electron chi connectivity index (χ0n) is 12.8. The molecule has 1 aliphatic carbocycles.